The molecule has 1 aliphatic rings. The lowest BCUT2D eigenvalue weighted by molar-refractivity contribution is -0.130. The number of anilines is 1. The number of carbonyl (C=O) groups excluding carboxylic acids is 1. The van der Waals surface area contributed by atoms with E-state index in [9.17, 15) is 21.6 Å². The van der Waals surface area contributed by atoms with Crippen LogP contribution in [0.2, 0.25) is 0 Å². The lowest BCUT2D eigenvalue weighted by Crippen LogP contribution is -2.53. The zero-order chi connectivity index (χ0) is 23.6. The zero-order valence-corrected chi connectivity index (χ0v) is 19.8. The van der Waals surface area contributed by atoms with Crippen molar-refractivity contribution in [3.8, 4) is 0 Å². The lowest BCUT2D eigenvalue weighted by Gasteiger charge is -2.35. The Balaban J connectivity index is 1.50. The van der Waals surface area contributed by atoms with Gasteiger partial charge < -0.3 is 4.90 Å². The van der Waals surface area contributed by atoms with Crippen molar-refractivity contribution in [2.24, 2.45) is 0 Å². The average Bonchev–Trinajstić information content (AvgIpc) is 2.82. The van der Waals surface area contributed by atoms with Crippen molar-refractivity contribution in [1.82, 2.24) is 9.21 Å². The molecule has 8 nitrogen and oxygen atoms in total. The quantitative estimate of drug-likeness (QED) is 0.531. The summed E-state index contributed by atoms with van der Waals surface area (Å²) in [5, 5.41) is 1.60. The molecule has 0 aromatic heterocycles. The van der Waals surface area contributed by atoms with Crippen molar-refractivity contribution in [1.29, 1.82) is 0 Å². The molecule has 0 spiro atoms. The van der Waals surface area contributed by atoms with Gasteiger partial charge in [-0.05, 0) is 23.6 Å². The number of sulfonamides is 2. The summed E-state index contributed by atoms with van der Waals surface area (Å²) >= 11 is 0. The Bertz CT molecular complexity index is 1360. The van der Waals surface area contributed by atoms with Crippen LogP contribution >= 0.6 is 0 Å². The van der Waals surface area contributed by atoms with Crippen LogP contribution in [0.15, 0.2) is 77.7 Å². The summed E-state index contributed by atoms with van der Waals surface area (Å²) in [5.41, 5.74) is 0.439. The minimum absolute atomic E-state index is 0.149. The predicted molar refractivity (Wildman–Crippen MR) is 128 cm³/mol. The van der Waals surface area contributed by atoms with E-state index in [0.717, 1.165) is 21.3 Å². The molecular weight excluding hydrogens is 462 g/mol. The van der Waals surface area contributed by atoms with E-state index in [-0.39, 0.29) is 43.5 Å². The van der Waals surface area contributed by atoms with Gasteiger partial charge in [0.25, 0.3) is 0 Å². The van der Waals surface area contributed by atoms with Crippen molar-refractivity contribution in [2.45, 2.75) is 4.90 Å². The van der Waals surface area contributed by atoms with E-state index in [1.54, 1.807) is 42.5 Å². The number of amides is 1. The second kappa shape index (κ2) is 9.12. The first-order valence-electron chi connectivity index (χ1n) is 10.5. The van der Waals surface area contributed by atoms with Crippen molar-refractivity contribution in [3.63, 3.8) is 0 Å². The van der Waals surface area contributed by atoms with Crippen molar-refractivity contribution >= 4 is 42.4 Å². The highest BCUT2D eigenvalue weighted by molar-refractivity contribution is 7.92. The van der Waals surface area contributed by atoms with Crippen LogP contribution in [0.1, 0.15) is 0 Å². The van der Waals surface area contributed by atoms with E-state index < -0.39 is 20.0 Å². The summed E-state index contributed by atoms with van der Waals surface area (Å²) in [5.74, 6) is -0.370. The molecule has 4 rings (SSSR count). The molecule has 3 aromatic rings. The summed E-state index contributed by atoms with van der Waals surface area (Å²) < 4.78 is 53.3. The van der Waals surface area contributed by atoms with Crippen LogP contribution in [0, 0.1) is 0 Å². The fraction of sp³-hybridized carbons (Fsp3) is 0.261. The maximum atomic E-state index is 13.0. The van der Waals surface area contributed by atoms with Crippen molar-refractivity contribution in [2.75, 3.05) is 43.3 Å². The number of benzene rings is 3. The molecule has 3 aromatic carbocycles. The predicted octanol–water partition coefficient (Wildman–Crippen LogP) is 2.14. The first-order valence-corrected chi connectivity index (χ1v) is 13.8. The SMILES string of the molecule is CS(=O)(=O)N(CC(=O)N1CCN(S(=O)(=O)c2ccccc2)CC1)c1cccc2ccccc12. The van der Waals surface area contributed by atoms with Gasteiger partial charge in [0.05, 0.1) is 16.8 Å². The standard InChI is InChI=1S/C23H25N3O5S2/c1-32(28,29)26(22-13-7-9-19-8-5-6-12-21(19)22)18-23(27)24-14-16-25(17-15-24)33(30,31)20-10-3-2-4-11-20/h2-13H,14-18H2,1H3. The molecule has 1 aliphatic heterocycles. The summed E-state index contributed by atoms with van der Waals surface area (Å²) in [6, 6.07) is 20.9. The second-order valence-electron chi connectivity index (χ2n) is 7.87. The van der Waals surface area contributed by atoms with E-state index in [1.807, 2.05) is 30.3 Å². The Kier molecular flexibility index (Phi) is 6.42. The highest BCUT2D eigenvalue weighted by Crippen LogP contribution is 2.28. The number of fused-ring (bicyclic) bond motifs is 1. The molecule has 1 heterocycles. The second-order valence-corrected chi connectivity index (χ2v) is 11.7. The summed E-state index contributed by atoms with van der Waals surface area (Å²) in [7, 11) is -7.37. The maximum Gasteiger partial charge on any atom is 0.243 e. The molecule has 1 fully saturated rings. The van der Waals surface area contributed by atoms with E-state index >= 15 is 0 Å². The Morgan fingerprint density at radius 3 is 2.09 bits per heavy atom. The lowest BCUT2D eigenvalue weighted by atomic mass is 10.1. The molecule has 10 heteroatoms. The third-order valence-electron chi connectivity index (χ3n) is 5.69. The Morgan fingerprint density at radius 2 is 1.42 bits per heavy atom. The molecule has 0 atom stereocenters. The van der Waals surface area contributed by atoms with Gasteiger partial charge in [-0.3, -0.25) is 9.10 Å². The number of nitrogens with zero attached hydrogens (tertiary/aromatic N) is 3. The summed E-state index contributed by atoms with van der Waals surface area (Å²) in [6.07, 6.45) is 1.08. The monoisotopic (exact) mass is 487 g/mol. The topological polar surface area (TPSA) is 95.1 Å². The first kappa shape index (κ1) is 23.2. The molecule has 0 saturated carbocycles. The Labute approximate surface area is 194 Å². The fourth-order valence-corrected chi connectivity index (χ4v) is 6.25. The molecule has 1 amide bonds. The van der Waals surface area contributed by atoms with Crippen LogP contribution in [-0.4, -0.2) is 70.9 Å². The minimum atomic E-state index is -3.73. The average molecular weight is 488 g/mol. The van der Waals surface area contributed by atoms with Gasteiger partial charge in [-0.15, -0.1) is 0 Å². The Morgan fingerprint density at radius 1 is 0.818 bits per heavy atom. The third kappa shape index (κ3) is 4.87. The highest BCUT2D eigenvalue weighted by atomic mass is 32.2. The minimum Gasteiger partial charge on any atom is -0.338 e. The Hall–Kier alpha value is -2.95. The van der Waals surface area contributed by atoms with Crippen LogP contribution in [0.3, 0.4) is 0 Å². The van der Waals surface area contributed by atoms with Crippen LogP contribution in [0.5, 0.6) is 0 Å². The summed E-state index contributed by atoms with van der Waals surface area (Å²) in [6.45, 7) is 0.334. The normalized spacial score (nSPS) is 15.5. The van der Waals surface area contributed by atoms with Gasteiger partial charge in [0.15, 0.2) is 0 Å². The van der Waals surface area contributed by atoms with Crippen LogP contribution < -0.4 is 4.31 Å². The van der Waals surface area contributed by atoms with E-state index in [4.69, 9.17) is 0 Å². The smallest absolute Gasteiger partial charge is 0.243 e. The van der Waals surface area contributed by atoms with Gasteiger partial charge in [0.1, 0.15) is 6.54 Å². The number of carbonyl (C=O) groups is 1. The molecule has 33 heavy (non-hydrogen) atoms. The molecule has 0 N–H and O–H groups in total. The van der Waals surface area contributed by atoms with Gasteiger partial charge >= 0.3 is 0 Å². The molecule has 0 aliphatic carbocycles. The number of rotatable bonds is 6. The van der Waals surface area contributed by atoms with E-state index in [2.05, 4.69) is 0 Å². The van der Waals surface area contributed by atoms with Crippen molar-refractivity contribution < 1.29 is 21.6 Å². The van der Waals surface area contributed by atoms with Gasteiger partial charge in [-0.25, -0.2) is 16.8 Å². The molecular formula is C23H25N3O5S2. The molecule has 0 bridgehead atoms. The van der Waals surface area contributed by atoms with Gasteiger partial charge in [-0.1, -0.05) is 54.6 Å². The van der Waals surface area contributed by atoms with Crippen LogP contribution in [0.25, 0.3) is 10.8 Å². The molecule has 1 saturated heterocycles. The van der Waals surface area contributed by atoms with E-state index in [1.165, 1.54) is 9.21 Å². The summed E-state index contributed by atoms with van der Waals surface area (Å²) in [4.78, 5) is 14.8. The maximum absolute atomic E-state index is 13.0. The van der Waals surface area contributed by atoms with Crippen molar-refractivity contribution in [3.05, 3.63) is 72.8 Å². The highest BCUT2D eigenvalue weighted by Gasteiger charge is 2.32. The first-order chi connectivity index (χ1) is 15.7. The van der Waals surface area contributed by atoms with Gasteiger partial charge in [0.2, 0.25) is 26.0 Å². The molecule has 0 unspecified atom stereocenters. The van der Waals surface area contributed by atoms with E-state index in [0.29, 0.717) is 5.69 Å². The number of hydrogen-bond donors (Lipinski definition) is 0. The zero-order valence-electron chi connectivity index (χ0n) is 18.2. The largest absolute Gasteiger partial charge is 0.338 e. The third-order valence-corrected chi connectivity index (χ3v) is 8.73. The van der Waals surface area contributed by atoms with Gasteiger partial charge in [0, 0.05) is 31.6 Å². The van der Waals surface area contributed by atoms with Crippen LogP contribution in [-0.2, 0) is 24.8 Å². The molecule has 174 valence electrons. The fourth-order valence-electron chi connectivity index (χ4n) is 3.95. The number of piperazine rings is 1. The number of hydrogen-bond acceptors (Lipinski definition) is 5. The molecule has 0 radical (unpaired) electrons. The van der Waals surface area contributed by atoms with Crippen LogP contribution in [0.4, 0.5) is 5.69 Å². The van der Waals surface area contributed by atoms with Gasteiger partial charge in [-0.2, -0.15) is 4.31 Å².